The zero-order chi connectivity index (χ0) is 15.1. The van der Waals surface area contributed by atoms with E-state index in [1.165, 1.54) is 0 Å². The molecule has 0 radical (unpaired) electrons. The van der Waals surface area contributed by atoms with E-state index in [4.69, 9.17) is 0 Å². The summed E-state index contributed by atoms with van der Waals surface area (Å²) in [5, 5.41) is 9.42. The number of fused-ring (bicyclic) bond motifs is 1. The van der Waals surface area contributed by atoms with Crippen LogP contribution in [0.25, 0.3) is 5.69 Å². The van der Waals surface area contributed by atoms with Crippen LogP contribution >= 0.6 is 0 Å². The van der Waals surface area contributed by atoms with E-state index in [1.54, 1.807) is 28.8 Å². The molecule has 0 saturated heterocycles. The van der Waals surface area contributed by atoms with Crippen molar-refractivity contribution >= 4 is 12.0 Å². The van der Waals surface area contributed by atoms with Crippen molar-refractivity contribution in [3.63, 3.8) is 0 Å². The largest absolute Gasteiger partial charge is 0.508 e. The molecular formula is C16H19N3O2. The predicted octanol–water partition coefficient (Wildman–Crippen LogP) is 2.82. The van der Waals surface area contributed by atoms with Crippen molar-refractivity contribution in [1.82, 2.24) is 9.13 Å². The van der Waals surface area contributed by atoms with E-state index in [9.17, 15) is 9.90 Å². The molecular weight excluding hydrogens is 266 g/mol. The van der Waals surface area contributed by atoms with E-state index in [0.29, 0.717) is 11.7 Å². The summed E-state index contributed by atoms with van der Waals surface area (Å²) in [5.74, 6) is 1.22. The van der Waals surface area contributed by atoms with Crippen molar-refractivity contribution in [2.24, 2.45) is 10.9 Å². The van der Waals surface area contributed by atoms with Crippen LogP contribution in [-0.2, 0) is 6.42 Å². The fourth-order valence-corrected chi connectivity index (χ4v) is 2.79. The van der Waals surface area contributed by atoms with Crippen LogP contribution < -0.4 is 5.69 Å². The first kappa shape index (κ1) is 13.7. The third-order valence-corrected chi connectivity index (χ3v) is 3.75. The Labute approximate surface area is 123 Å². The average molecular weight is 285 g/mol. The third-order valence-electron chi connectivity index (χ3n) is 3.75. The highest BCUT2D eigenvalue weighted by molar-refractivity contribution is 5.69. The highest BCUT2D eigenvalue weighted by Crippen LogP contribution is 2.30. The van der Waals surface area contributed by atoms with E-state index in [1.807, 2.05) is 24.6 Å². The Morgan fingerprint density at radius 2 is 1.95 bits per heavy atom. The second-order valence-electron chi connectivity index (χ2n) is 5.83. The van der Waals surface area contributed by atoms with E-state index >= 15 is 0 Å². The Balaban J connectivity index is 2.28. The third kappa shape index (κ3) is 2.18. The molecule has 2 heterocycles. The van der Waals surface area contributed by atoms with Gasteiger partial charge in [0.25, 0.3) is 0 Å². The second kappa shape index (κ2) is 4.91. The van der Waals surface area contributed by atoms with E-state index in [2.05, 4.69) is 11.9 Å². The summed E-state index contributed by atoms with van der Waals surface area (Å²) in [6.07, 6.45) is 2.71. The molecule has 0 amide bonds. The van der Waals surface area contributed by atoms with Crippen LogP contribution in [0.5, 0.6) is 5.75 Å². The van der Waals surface area contributed by atoms with Gasteiger partial charge in [-0.25, -0.2) is 14.4 Å². The van der Waals surface area contributed by atoms with Crippen molar-refractivity contribution in [2.75, 3.05) is 0 Å². The normalized spacial score (nSPS) is 17.2. The maximum absolute atomic E-state index is 12.8. The maximum Gasteiger partial charge on any atom is 0.334 e. The molecule has 0 aliphatic carbocycles. The Morgan fingerprint density at radius 1 is 1.29 bits per heavy atom. The lowest BCUT2D eigenvalue weighted by atomic mass is 10.0. The molecule has 1 aromatic heterocycles. The van der Waals surface area contributed by atoms with Gasteiger partial charge in [-0.2, -0.15) is 0 Å². The molecule has 110 valence electrons. The summed E-state index contributed by atoms with van der Waals surface area (Å²) >= 11 is 0. The molecule has 0 fully saturated rings. The lowest BCUT2D eigenvalue weighted by Crippen LogP contribution is -2.25. The number of phenolic OH excluding ortho intramolecular Hbond substituents is 1. The molecule has 1 atom stereocenters. The first-order valence-corrected chi connectivity index (χ1v) is 7.18. The fraction of sp³-hybridized carbons (Fsp3) is 0.375. The minimum Gasteiger partial charge on any atom is -0.508 e. The average Bonchev–Trinajstić information content (AvgIpc) is 2.71. The van der Waals surface area contributed by atoms with Crippen molar-refractivity contribution in [3.05, 3.63) is 40.4 Å². The second-order valence-corrected chi connectivity index (χ2v) is 5.83. The van der Waals surface area contributed by atoms with Gasteiger partial charge in [0.05, 0.1) is 11.4 Å². The van der Waals surface area contributed by atoms with Gasteiger partial charge in [0.1, 0.15) is 5.75 Å². The van der Waals surface area contributed by atoms with Gasteiger partial charge in [0, 0.05) is 12.3 Å². The molecule has 0 spiro atoms. The Bertz CT molecular complexity index is 751. The quantitative estimate of drug-likeness (QED) is 0.922. The summed E-state index contributed by atoms with van der Waals surface area (Å²) in [4.78, 5) is 17.3. The molecule has 1 aliphatic heterocycles. The van der Waals surface area contributed by atoms with Gasteiger partial charge in [-0.05, 0) is 50.5 Å². The zero-order valence-electron chi connectivity index (χ0n) is 12.4. The first-order valence-electron chi connectivity index (χ1n) is 7.18. The van der Waals surface area contributed by atoms with Crippen molar-refractivity contribution in [1.29, 1.82) is 0 Å². The Kier molecular flexibility index (Phi) is 3.20. The van der Waals surface area contributed by atoms with Crippen LogP contribution in [0.3, 0.4) is 0 Å². The van der Waals surface area contributed by atoms with Crippen LogP contribution in [0.4, 0.5) is 5.82 Å². The summed E-state index contributed by atoms with van der Waals surface area (Å²) in [6.45, 7) is 6.11. The number of aromatic nitrogens is 2. The van der Waals surface area contributed by atoms with Crippen LogP contribution in [0, 0.1) is 5.92 Å². The number of benzene rings is 1. The summed E-state index contributed by atoms with van der Waals surface area (Å²) in [7, 11) is 0. The summed E-state index contributed by atoms with van der Waals surface area (Å²) < 4.78 is 3.44. The Hall–Kier alpha value is -2.30. The fourth-order valence-electron chi connectivity index (χ4n) is 2.79. The van der Waals surface area contributed by atoms with E-state index in [0.717, 1.165) is 17.8 Å². The van der Waals surface area contributed by atoms with Gasteiger partial charge < -0.3 is 5.11 Å². The number of rotatable bonds is 2. The first-order chi connectivity index (χ1) is 9.99. The molecule has 0 bridgehead atoms. The number of hydrogen-bond donors (Lipinski definition) is 1. The summed E-state index contributed by atoms with van der Waals surface area (Å²) in [5.41, 5.74) is 1.63. The predicted molar refractivity (Wildman–Crippen MR) is 83.1 cm³/mol. The van der Waals surface area contributed by atoms with E-state index in [-0.39, 0.29) is 17.5 Å². The zero-order valence-corrected chi connectivity index (χ0v) is 12.4. The van der Waals surface area contributed by atoms with E-state index < -0.39 is 0 Å². The van der Waals surface area contributed by atoms with Gasteiger partial charge >= 0.3 is 5.69 Å². The molecule has 1 N–H and O–H groups in total. The van der Waals surface area contributed by atoms with Gasteiger partial charge in [-0.15, -0.1) is 0 Å². The van der Waals surface area contributed by atoms with Gasteiger partial charge in [-0.3, -0.25) is 4.57 Å². The monoisotopic (exact) mass is 285 g/mol. The highest BCUT2D eigenvalue weighted by Gasteiger charge is 2.25. The van der Waals surface area contributed by atoms with Gasteiger partial charge in [0.15, 0.2) is 5.82 Å². The SMILES string of the molecule is CC1C=Nc2c(n(C(C)C)c(=O)n2-c2ccc(O)cc2)C1. The number of nitrogens with zero attached hydrogens (tertiary/aromatic N) is 3. The van der Waals surface area contributed by atoms with Crippen LogP contribution in [-0.4, -0.2) is 20.5 Å². The minimum absolute atomic E-state index is 0.0769. The molecule has 5 heteroatoms. The van der Waals surface area contributed by atoms with Crippen molar-refractivity contribution in [3.8, 4) is 11.4 Å². The van der Waals surface area contributed by atoms with Crippen LogP contribution in [0.1, 0.15) is 32.5 Å². The number of imidazole rings is 1. The van der Waals surface area contributed by atoms with Gasteiger partial charge in [0.2, 0.25) is 0 Å². The number of hydrogen-bond acceptors (Lipinski definition) is 3. The van der Waals surface area contributed by atoms with Crippen LogP contribution in [0.2, 0.25) is 0 Å². The molecule has 0 saturated carbocycles. The molecule has 1 unspecified atom stereocenters. The topological polar surface area (TPSA) is 59.5 Å². The lowest BCUT2D eigenvalue weighted by Gasteiger charge is -2.16. The minimum atomic E-state index is -0.0769. The maximum atomic E-state index is 12.8. The number of aliphatic imine (C=N–C) groups is 1. The summed E-state index contributed by atoms with van der Waals surface area (Å²) in [6, 6.07) is 6.71. The standard InChI is InChI=1S/C16H19N3O2/c1-10(2)18-14-8-11(3)9-17-15(14)19(16(18)21)12-4-6-13(20)7-5-12/h4-7,9-11,20H,8H2,1-3H3. The lowest BCUT2D eigenvalue weighted by molar-refractivity contribution is 0.475. The number of aromatic hydroxyl groups is 1. The van der Waals surface area contributed by atoms with Crippen molar-refractivity contribution < 1.29 is 5.11 Å². The molecule has 1 aromatic carbocycles. The number of phenols is 1. The molecule has 3 rings (SSSR count). The highest BCUT2D eigenvalue weighted by atomic mass is 16.3. The molecule has 21 heavy (non-hydrogen) atoms. The van der Waals surface area contributed by atoms with Crippen molar-refractivity contribution in [2.45, 2.75) is 33.2 Å². The van der Waals surface area contributed by atoms with Crippen LogP contribution in [0.15, 0.2) is 34.1 Å². The molecule has 1 aliphatic rings. The Morgan fingerprint density at radius 3 is 2.57 bits per heavy atom. The molecule has 2 aromatic rings. The molecule has 5 nitrogen and oxygen atoms in total. The smallest absolute Gasteiger partial charge is 0.334 e. The van der Waals surface area contributed by atoms with Gasteiger partial charge in [-0.1, -0.05) is 6.92 Å².